The molecule has 1 aromatic heterocycles. The summed E-state index contributed by atoms with van der Waals surface area (Å²) in [4.78, 5) is 14.3. The van der Waals surface area contributed by atoms with Crippen LogP contribution in [0, 0.1) is 0 Å². The second kappa shape index (κ2) is 10.3. The molecule has 0 aliphatic carbocycles. The van der Waals surface area contributed by atoms with E-state index in [2.05, 4.69) is 5.32 Å². The molecule has 128 valence electrons. The zero-order valence-corrected chi connectivity index (χ0v) is 14.8. The number of benzene rings is 1. The van der Waals surface area contributed by atoms with Gasteiger partial charge in [0.15, 0.2) is 0 Å². The average Bonchev–Trinajstić information content (AvgIpc) is 2.96. The number of hydrogen-bond donors (Lipinski definition) is 2. The highest BCUT2D eigenvalue weighted by Crippen LogP contribution is 2.15. The van der Waals surface area contributed by atoms with Crippen LogP contribution in [0.15, 0.2) is 47.1 Å². The van der Waals surface area contributed by atoms with Crippen molar-refractivity contribution in [1.82, 2.24) is 10.2 Å². The van der Waals surface area contributed by atoms with Crippen LogP contribution in [0.25, 0.3) is 0 Å². The summed E-state index contributed by atoms with van der Waals surface area (Å²) in [6.45, 7) is 1.00. The van der Waals surface area contributed by atoms with Crippen LogP contribution >= 0.6 is 24.8 Å². The second-order valence-electron chi connectivity index (χ2n) is 5.20. The molecule has 1 amide bonds. The molecule has 0 aliphatic heterocycles. The summed E-state index contributed by atoms with van der Waals surface area (Å²) in [6, 6.07) is 11.5. The first-order valence-corrected chi connectivity index (χ1v) is 6.88. The molecule has 0 bridgehead atoms. The summed E-state index contributed by atoms with van der Waals surface area (Å²) in [6.07, 6.45) is 1.44. The molecule has 2 aromatic rings. The molecule has 3 N–H and O–H groups in total. The van der Waals surface area contributed by atoms with Crippen LogP contribution in [0.1, 0.15) is 27.7 Å². The van der Waals surface area contributed by atoms with Gasteiger partial charge in [-0.3, -0.25) is 4.79 Å². The van der Waals surface area contributed by atoms with Crippen molar-refractivity contribution in [2.45, 2.75) is 12.6 Å². The van der Waals surface area contributed by atoms with E-state index >= 15 is 0 Å². The fraction of sp³-hybridized carbons (Fsp3) is 0.312. The average molecular weight is 360 g/mol. The Labute approximate surface area is 149 Å². The first-order valence-electron chi connectivity index (χ1n) is 6.88. The van der Waals surface area contributed by atoms with Crippen molar-refractivity contribution in [3.05, 3.63) is 59.5 Å². The molecule has 0 aliphatic rings. The maximum atomic E-state index is 12.3. The Morgan fingerprint density at radius 1 is 1.26 bits per heavy atom. The molecule has 7 heteroatoms. The zero-order chi connectivity index (χ0) is 15.2. The van der Waals surface area contributed by atoms with E-state index in [9.17, 15) is 4.79 Å². The maximum absolute atomic E-state index is 12.3. The van der Waals surface area contributed by atoms with Crippen LogP contribution < -0.4 is 11.1 Å². The van der Waals surface area contributed by atoms with Crippen molar-refractivity contribution in [2.24, 2.45) is 5.73 Å². The first kappa shape index (κ1) is 21.5. The van der Waals surface area contributed by atoms with Crippen LogP contribution in [0.4, 0.5) is 0 Å². The van der Waals surface area contributed by atoms with Gasteiger partial charge in [-0.25, -0.2) is 0 Å². The van der Waals surface area contributed by atoms with E-state index in [1.165, 1.54) is 6.26 Å². The lowest BCUT2D eigenvalue weighted by molar-refractivity contribution is 0.0929. The van der Waals surface area contributed by atoms with Crippen LogP contribution in [0.3, 0.4) is 0 Å². The van der Waals surface area contributed by atoms with Gasteiger partial charge in [0.2, 0.25) is 0 Å². The third kappa shape index (κ3) is 6.23. The molecule has 1 atom stereocenters. The fourth-order valence-corrected chi connectivity index (χ4v) is 2.13. The summed E-state index contributed by atoms with van der Waals surface area (Å²) in [5, 5.41) is 3.04. The van der Waals surface area contributed by atoms with E-state index in [1.54, 1.807) is 6.07 Å². The molecule has 2 rings (SSSR count). The first-order chi connectivity index (χ1) is 10.1. The van der Waals surface area contributed by atoms with Crippen molar-refractivity contribution in [2.75, 3.05) is 20.6 Å². The summed E-state index contributed by atoms with van der Waals surface area (Å²) < 4.78 is 5.21. The summed E-state index contributed by atoms with van der Waals surface area (Å²) >= 11 is 0. The number of amides is 1. The lowest BCUT2D eigenvalue weighted by Gasteiger charge is -2.22. The summed E-state index contributed by atoms with van der Waals surface area (Å²) in [7, 11) is 3.96. The molecule has 0 saturated carbocycles. The standard InChI is InChI=1S/C16H21N3O2.2ClH/c1-19(2)10-15(12-6-4-3-5-7-12)18-16(20)13-8-14(9-17)21-11-13;;/h3-8,11,15H,9-10,17H2,1-2H3,(H,18,20);2*1H. The topological polar surface area (TPSA) is 71.5 Å². The minimum Gasteiger partial charge on any atom is -0.467 e. The van der Waals surface area contributed by atoms with E-state index in [0.717, 1.165) is 12.1 Å². The van der Waals surface area contributed by atoms with E-state index in [1.807, 2.05) is 49.3 Å². The Bertz CT molecular complexity index is 588. The lowest BCUT2D eigenvalue weighted by atomic mass is 10.1. The molecule has 5 nitrogen and oxygen atoms in total. The molecule has 0 saturated heterocycles. The van der Waals surface area contributed by atoms with Crippen molar-refractivity contribution in [1.29, 1.82) is 0 Å². The van der Waals surface area contributed by atoms with E-state index in [-0.39, 0.29) is 43.3 Å². The smallest absolute Gasteiger partial charge is 0.255 e. The van der Waals surface area contributed by atoms with Crippen LogP contribution in [0.5, 0.6) is 0 Å². The number of halogens is 2. The van der Waals surface area contributed by atoms with Gasteiger partial charge in [-0.15, -0.1) is 24.8 Å². The monoisotopic (exact) mass is 359 g/mol. The molecule has 1 heterocycles. The minimum atomic E-state index is -0.158. The summed E-state index contributed by atoms with van der Waals surface area (Å²) in [5.74, 6) is 0.443. The SMILES string of the molecule is CN(C)CC(NC(=O)c1coc(CN)c1)c1ccccc1.Cl.Cl. The van der Waals surface area contributed by atoms with Gasteiger partial charge in [-0.2, -0.15) is 0 Å². The number of likely N-dealkylation sites (N-methyl/N-ethyl adjacent to an activating group) is 1. The highest BCUT2D eigenvalue weighted by atomic mass is 35.5. The number of carbonyl (C=O) groups excluding carboxylic acids is 1. The van der Waals surface area contributed by atoms with Crippen LogP contribution in [-0.4, -0.2) is 31.4 Å². The van der Waals surface area contributed by atoms with Crippen LogP contribution in [0.2, 0.25) is 0 Å². The van der Waals surface area contributed by atoms with Gasteiger partial charge in [0.1, 0.15) is 12.0 Å². The number of nitrogens with one attached hydrogen (secondary N) is 1. The second-order valence-corrected chi connectivity index (χ2v) is 5.20. The normalized spacial score (nSPS) is 11.3. The van der Waals surface area contributed by atoms with Gasteiger partial charge in [0.05, 0.1) is 18.2 Å². The molecule has 0 spiro atoms. The van der Waals surface area contributed by atoms with Gasteiger partial charge in [-0.1, -0.05) is 30.3 Å². The number of nitrogens with two attached hydrogens (primary N) is 1. The number of carbonyl (C=O) groups is 1. The maximum Gasteiger partial charge on any atom is 0.255 e. The van der Waals surface area contributed by atoms with E-state index < -0.39 is 0 Å². The Morgan fingerprint density at radius 3 is 2.43 bits per heavy atom. The van der Waals surface area contributed by atoms with Crippen molar-refractivity contribution < 1.29 is 9.21 Å². The Hall–Kier alpha value is -1.53. The van der Waals surface area contributed by atoms with Gasteiger partial charge in [0.25, 0.3) is 5.91 Å². The number of furan rings is 1. The van der Waals surface area contributed by atoms with Gasteiger partial charge in [0, 0.05) is 6.54 Å². The molecule has 0 fully saturated rings. The quantitative estimate of drug-likeness (QED) is 0.831. The molecule has 23 heavy (non-hydrogen) atoms. The molecule has 1 unspecified atom stereocenters. The third-order valence-electron chi connectivity index (χ3n) is 3.17. The molecular weight excluding hydrogens is 337 g/mol. The molecular formula is C16H23Cl2N3O2. The van der Waals surface area contributed by atoms with Crippen molar-refractivity contribution in [3.63, 3.8) is 0 Å². The largest absolute Gasteiger partial charge is 0.467 e. The number of rotatable bonds is 6. The van der Waals surface area contributed by atoms with Gasteiger partial charge in [-0.05, 0) is 25.7 Å². The minimum absolute atomic E-state index is 0. The molecule has 0 radical (unpaired) electrons. The third-order valence-corrected chi connectivity index (χ3v) is 3.17. The Balaban J connectivity index is 0.00000242. The Morgan fingerprint density at radius 2 is 1.91 bits per heavy atom. The summed E-state index contributed by atoms with van der Waals surface area (Å²) in [5.41, 5.74) is 7.06. The lowest BCUT2D eigenvalue weighted by Crippen LogP contribution is -2.35. The highest BCUT2D eigenvalue weighted by molar-refractivity contribution is 5.94. The predicted octanol–water partition coefficient (Wildman–Crippen LogP) is 2.61. The van der Waals surface area contributed by atoms with Crippen molar-refractivity contribution >= 4 is 30.7 Å². The molecule has 1 aromatic carbocycles. The van der Waals surface area contributed by atoms with Crippen molar-refractivity contribution in [3.8, 4) is 0 Å². The van der Waals surface area contributed by atoms with Crippen LogP contribution in [-0.2, 0) is 6.54 Å². The van der Waals surface area contributed by atoms with Gasteiger partial charge >= 0.3 is 0 Å². The predicted molar refractivity (Wildman–Crippen MR) is 96.3 cm³/mol. The Kier molecular flexibility index (Phi) is 9.60. The zero-order valence-electron chi connectivity index (χ0n) is 13.2. The highest BCUT2D eigenvalue weighted by Gasteiger charge is 2.17. The number of nitrogens with zero attached hydrogens (tertiary/aromatic N) is 1. The van der Waals surface area contributed by atoms with Gasteiger partial charge < -0.3 is 20.4 Å². The van der Waals surface area contributed by atoms with E-state index in [0.29, 0.717) is 11.3 Å². The fourth-order valence-electron chi connectivity index (χ4n) is 2.13. The van der Waals surface area contributed by atoms with E-state index in [4.69, 9.17) is 10.2 Å². The number of hydrogen-bond acceptors (Lipinski definition) is 4.